The van der Waals surface area contributed by atoms with Crippen LogP contribution in [-0.2, 0) is 13.5 Å². The van der Waals surface area contributed by atoms with Crippen LogP contribution in [0.1, 0.15) is 43.9 Å². The molecule has 2 aromatic carbocycles. The lowest BCUT2D eigenvalue weighted by Gasteiger charge is -2.13. The summed E-state index contributed by atoms with van der Waals surface area (Å²) in [5.74, 6) is 0.832. The van der Waals surface area contributed by atoms with E-state index in [-0.39, 0.29) is 0 Å². The Labute approximate surface area is 152 Å². The molecule has 128 valence electrons. The number of aromatic nitrogens is 1. The molecule has 1 fully saturated rings. The van der Waals surface area contributed by atoms with E-state index in [1.54, 1.807) is 0 Å². The fraction of sp³-hybridized carbons (Fsp3) is 0.375. The van der Waals surface area contributed by atoms with Crippen LogP contribution in [0.25, 0.3) is 22.0 Å². The van der Waals surface area contributed by atoms with E-state index in [9.17, 15) is 0 Å². The number of nitrogens with zero attached hydrogens (tertiary/aromatic N) is 1. The molecule has 1 saturated carbocycles. The van der Waals surface area contributed by atoms with Crippen molar-refractivity contribution in [1.82, 2.24) is 0 Å². The highest BCUT2D eigenvalue weighted by Gasteiger charge is 2.20. The predicted molar refractivity (Wildman–Crippen MR) is 106 cm³/mol. The first-order chi connectivity index (χ1) is 12.6. The minimum atomic E-state index is 0.660. The van der Waals surface area contributed by atoms with Gasteiger partial charge in [0.25, 0.3) is 0 Å². The van der Waals surface area contributed by atoms with Gasteiger partial charge in [0.1, 0.15) is 7.05 Å². The lowest BCUT2D eigenvalue weighted by atomic mass is 9.94. The van der Waals surface area contributed by atoms with Gasteiger partial charge in [-0.15, -0.1) is 0 Å². The maximum Gasteiger partial charge on any atom is 0.220 e. The fourth-order valence-electron chi connectivity index (χ4n) is 4.37. The molecular formula is C24H28N+. The van der Waals surface area contributed by atoms with Crippen molar-refractivity contribution in [2.24, 2.45) is 13.0 Å². The van der Waals surface area contributed by atoms with Gasteiger partial charge in [-0.2, -0.15) is 4.57 Å². The highest BCUT2D eigenvalue weighted by Crippen LogP contribution is 2.32. The summed E-state index contributed by atoms with van der Waals surface area (Å²) in [7, 11) is 2.08. The third-order valence-electron chi connectivity index (χ3n) is 5.89. The molecule has 0 unspecified atom stereocenters. The van der Waals surface area contributed by atoms with Crippen LogP contribution in [0.4, 0.5) is 0 Å². The first kappa shape index (κ1) is 15.1. The molecule has 0 bridgehead atoms. The number of aryl methyl sites for hydroxylation is 1. The van der Waals surface area contributed by atoms with Crippen molar-refractivity contribution < 1.29 is 5.94 Å². The Morgan fingerprint density at radius 1 is 1.08 bits per heavy atom. The van der Waals surface area contributed by atoms with Crippen LogP contribution in [0, 0.1) is 19.8 Å². The van der Waals surface area contributed by atoms with Gasteiger partial charge >= 0.3 is 0 Å². The third kappa shape index (κ3) is 3.08. The summed E-state index contributed by atoms with van der Waals surface area (Å²) in [5.41, 5.74) is 6.16. The summed E-state index contributed by atoms with van der Waals surface area (Å²) >= 11 is 0. The summed E-state index contributed by atoms with van der Waals surface area (Å²) in [6, 6.07) is 16.0. The maximum atomic E-state index is 8.70. The molecular weight excluding hydrogens is 302 g/mol. The zero-order valence-electron chi connectivity index (χ0n) is 16.6. The van der Waals surface area contributed by atoms with Crippen LogP contribution in [-0.4, -0.2) is 0 Å². The molecule has 3 aromatic rings. The summed E-state index contributed by atoms with van der Waals surface area (Å²) in [6.45, 7) is 4.23. The minimum Gasteiger partial charge on any atom is -0.198 e. The number of benzene rings is 2. The van der Waals surface area contributed by atoms with E-state index >= 15 is 0 Å². The maximum absolute atomic E-state index is 8.70. The third-order valence-corrected chi connectivity index (χ3v) is 5.89. The Balaban J connectivity index is 1.90. The van der Waals surface area contributed by atoms with E-state index in [2.05, 4.69) is 67.9 Å². The first-order valence-electron chi connectivity index (χ1n) is 10.0. The summed E-state index contributed by atoms with van der Waals surface area (Å²) in [5, 5.41) is 2.28. The molecule has 4 rings (SSSR count). The van der Waals surface area contributed by atoms with Gasteiger partial charge in [-0.1, -0.05) is 56.0 Å². The molecule has 0 amide bonds. The quantitative estimate of drug-likeness (QED) is 0.544. The van der Waals surface area contributed by atoms with Crippen molar-refractivity contribution in [2.45, 2.75) is 46.0 Å². The molecule has 0 spiro atoms. The topological polar surface area (TPSA) is 3.88 Å². The van der Waals surface area contributed by atoms with Crippen molar-refractivity contribution in [2.75, 3.05) is 0 Å². The van der Waals surface area contributed by atoms with E-state index in [1.807, 2.05) is 0 Å². The van der Waals surface area contributed by atoms with Crippen LogP contribution in [0.2, 0.25) is 0 Å². The average Bonchev–Trinajstić information content (AvgIpc) is 3.15. The Morgan fingerprint density at radius 2 is 1.84 bits per heavy atom. The standard InChI is InChI=1S/C24H28N/c1-17-8-4-7-11-22(17)24-23-13-12-20(15-19-9-5-6-10-19)16-21(23)14-18(2)25(24)3/h4,7-8,11-14,16,19H,5-6,9-10,15H2,1-3H3/q+1/i14D. The molecule has 1 aliphatic rings. The lowest BCUT2D eigenvalue weighted by molar-refractivity contribution is -0.665. The van der Waals surface area contributed by atoms with Gasteiger partial charge in [-0.3, -0.25) is 0 Å². The van der Waals surface area contributed by atoms with Gasteiger partial charge in [-0.05, 0) is 47.9 Å². The fourth-order valence-corrected chi connectivity index (χ4v) is 4.37. The van der Waals surface area contributed by atoms with Crippen LogP contribution < -0.4 is 4.57 Å². The lowest BCUT2D eigenvalue weighted by Crippen LogP contribution is -2.35. The summed E-state index contributed by atoms with van der Waals surface area (Å²) < 4.78 is 10.9. The van der Waals surface area contributed by atoms with Crippen molar-refractivity contribution in [3.63, 3.8) is 0 Å². The Bertz CT molecular complexity index is 968. The highest BCUT2D eigenvalue weighted by atomic mass is 14.9. The highest BCUT2D eigenvalue weighted by molar-refractivity contribution is 5.94. The SMILES string of the molecule is [2H]c1c(C)[n+](C)c(-c2ccccc2C)c2ccc(CC3CCCC3)cc12. The van der Waals surface area contributed by atoms with Gasteiger partial charge in [0, 0.05) is 18.5 Å². The number of rotatable bonds is 3. The summed E-state index contributed by atoms with van der Waals surface area (Å²) in [6.07, 6.45) is 6.66. The molecule has 1 heteroatoms. The average molecular weight is 332 g/mol. The Kier molecular flexibility index (Phi) is 4.01. The monoisotopic (exact) mass is 331 g/mol. The summed E-state index contributed by atoms with van der Waals surface area (Å²) in [4.78, 5) is 0. The van der Waals surface area contributed by atoms with Crippen LogP contribution in [0.15, 0.2) is 48.5 Å². The van der Waals surface area contributed by atoms with Crippen LogP contribution >= 0.6 is 0 Å². The van der Waals surface area contributed by atoms with Crippen molar-refractivity contribution in [3.05, 3.63) is 65.3 Å². The normalized spacial score (nSPS) is 15.7. The smallest absolute Gasteiger partial charge is 0.198 e. The number of pyridine rings is 1. The predicted octanol–water partition coefficient (Wildman–Crippen LogP) is 5.68. The van der Waals surface area contributed by atoms with Gasteiger partial charge in [0.2, 0.25) is 5.69 Å². The molecule has 0 atom stereocenters. The second-order valence-electron chi connectivity index (χ2n) is 7.67. The van der Waals surface area contributed by atoms with Gasteiger partial charge in [0.15, 0.2) is 5.69 Å². The minimum absolute atomic E-state index is 0.660. The van der Waals surface area contributed by atoms with Gasteiger partial charge in [-0.25, -0.2) is 0 Å². The zero-order chi connectivity index (χ0) is 18.3. The number of hydrogen-bond donors (Lipinski definition) is 0. The molecule has 0 aliphatic heterocycles. The molecule has 1 heterocycles. The Hall–Kier alpha value is -2.15. The molecule has 25 heavy (non-hydrogen) atoms. The van der Waals surface area contributed by atoms with E-state index < -0.39 is 0 Å². The van der Waals surface area contributed by atoms with E-state index in [1.165, 1.54) is 53.5 Å². The van der Waals surface area contributed by atoms with Gasteiger partial charge in [0.05, 0.1) is 6.76 Å². The largest absolute Gasteiger partial charge is 0.220 e. The van der Waals surface area contributed by atoms with Gasteiger partial charge < -0.3 is 0 Å². The second-order valence-corrected chi connectivity index (χ2v) is 7.67. The van der Waals surface area contributed by atoms with Crippen molar-refractivity contribution >= 4 is 10.8 Å². The number of fused-ring (bicyclic) bond motifs is 1. The first-order valence-corrected chi connectivity index (χ1v) is 9.54. The molecule has 1 aliphatic carbocycles. The molecule has 0 radical (unpaired) electrons. The van der Waals surface area contributed by atoms with Crippen LogP contribution in [0.3, 0.4) is 0 Å². The molecule has 0 N–H and O–H groups in total. The number of hydrogen-bond acceptors (Lipinski definition) is 0. The van der Waals surface area contributed by atoms with E-state index in [0.29, 0.717) is 6.04 Å². The molecule has 0 saturated heterocycles. The van der Waals surface area contributed by atoms with E-state index in [4.69, 9.17) is 1.37 Å². The Morgan fingerprint density at radius 3 is 2.60 bits per heavy atom. The van der Waals surface area contributed by atoms with Crippen LogP contribution in [0.5, 0.6) is 0 Å². The van der Waals surface area contributed by atoms with E-state index in [0.717, 1.165) is 23.4 Å². The van der Waals surface area contributed by atoms with Crippen molar-refractivity contribution in [3.8, 4) is 11.3 Å². The second kappa shape index (κ2) is 6.63. The molecule has 1 nitrogen and oxygen atoms in total. The van der Waals surface area contributed by atoms with Crippen molar-refractivity contribution in [1.29, 1.82) is 0 Å². The zero-order valence-corrected chi connectivity index (χ0v) is 15.6. The molecule has 1 aromatic heterocycles.